The van der Waals surface area contributed by atoms with Gasteiger partial charge in [-0.05, 0) is 38.5 Å². The molecule has 0 bridgehead atoms. The summed E-state index contributed by atoms with van der Waals surface area (Å²) in [5, 5.41) is 12.1. The van der Waals surface area contributed by atoms with Crippen molar-refractivity contribution in [3.63, 3.8) is 0 Å². The number of hydrogen-bond acceptors (Lipinski definition) is 2. The molecule has 0 aromatic heterocycles. The van der Waals surface area contributed by atoms with Crippen molar-refractivity contribution < 1.29 is 14.7 Å². The Labute approximate surface area is 109 Å². The van der Waals surface area contributed by atoms with Crippen molar-refractivity contribution in [1.29, 1.82) is 0 Å². The number of carbonyl (C=O) groups is 2. The summed E-state index contributed by atoms with van der Waals surface area (Å²) in [6.07, 6.45) is 4.35. The van der Waals surface area contributed by atoms with Crippen LogP contribution in [0.5, 0.6) is 0 Å². The summed E-state index contributed by atoms with van der Waals surface area (Å²) in [6.45, 7) is 6.29. The second-order valence-corrected chi connectivity index (χ2v) is 6.06. The van der Waals surface area contributed by atoms with Crippen LogP contribution >= 0.6 is 0 Å². The van der Waals surface area contributed by atoms with E-state index in [0.29, 0.717) is 18.8 Å². The van der Waals surface area contributed by atoms with E-state index < -0.39 is 11.4 Å². The number of nitrogens with one attached hydrogen (secondary N) is 1. The fourth-order valence-corrected chi connectivity index (χ4v) is 2.36. The molecule has 0 saturated heterocycles. The number of hydrogen-bond donors (Lipinski definition) is 2. The zero-order valence-electron chi connectivity index (χ0n) is 11.7. The van der Waals surface area contributed by atoms with Crippen molar-refractivity contribution in [2.75, 3.05) is 0 Å². The van der Waals surface area contributed by atoms with Gasteiger partial charge in [0.2, 0.25) is 5.91 Å². The highest BCUT2D eigenvalue weighted by atomic mass is 16.4. The van der Waals surface area contributed by atoms with E-state index in [9.17, 15) is 9.59 Å². The molecule has 1 amide bonds. The average molecular weight is 255 g/mol. The first-order valence-electron chi connectivity index (χ1n) is 6.88. The maximum absolute atomic E-state index is 11.8. The molecule has 1 saturated carbocycles. The maximum atomic E-state index is 11.8. The fourth-order valence-electron chi connectivity index (χ4n) is 2.36. The Morgan fingerprint density at radius 2 is 1.83 bits per heavy atom. The van der Waals surface area contributed by atoms with E-state index in [4.69, 9.17) is 5.11 Å². The van der Waals surface area contributed by atoms with Crippen LogP contribution in [0.4, 0.5) is 0 Å². The smallest absolute Gasteiger partial charge is 0.310 e. The van der Waals surface area contributed by atoms with Crippen LogP contribution in [0, 0.1) is 11.3 Å². The molecule has 104 valence electrons. The standard InChI is InChI=1S/C14H25NO3/c1-10(2)5-6-11(3)15-12(16)9-14(13(17)18)7-4-8-14/h10-11H,4-9H2,1-3H3,(H,15,16)(H,17,18). The summed E-state index contributed by atoms with van der Waals surface area (Å²) < 4.78 is 0. The van der Waals surface area contributed by atoms with Gasteiger partial charge in [-0.2, -0.15) is 0 Å². The highest BCUT2D eigenvalue weighted by Gasteiger charge is 2.45. The maximum Gasteiger partial charge on any atom is 0.310 e. The van der Waals surface area contributed by atoms with Gasteiger partial charge in [0.1, 0.15) is 0 Å². The summed E-state index contributed by atoms with van der Waals surface area (Å²) >= 11 is 0. The van der Waals surface area contributed by atoms with Gasteiger partial charge in [0, 0.05) is 12.5 Å². The van der Waals surface area contributed by atoms with Crippen LogP contribution < -0.4 is 5.32 Å². The van der Waals surface area contributed by atoms with Gasteiger partial charge in [-0.3, -0.25) is 9.59 Å². The lowest BCUT2D eigenvalue weighted by atomic mass is 9.66. The molecule has 0 aromatic rings. The van der Waals surface area contributed by atoms with Gasteiger partial charge in [-0.15, -0.1) is 0 Å². The minimum atomic E-state index is -0.821. The third kappa shape index (κ3) is 4.00. The van der Waals surface area contributed by atoms with E-state index in [-0.39, 0.29) is 18.4 Å². The van der Waals surface area contributed by atoms with Gasteiger partial charge < -0.3 is 10.4 Å². The van der Waals surface area contributed by atoms with Crippen LogP contribution in [0.25, 0.3) is 0 Å². The van der Waals surface area contributed by atoms with E-state index in [1.165, 1.54) is 0 Å². The second-order valence-electron chi connectivity index (χ2n) is 6.06. The highest BCUT2D eigenvalue weighted by Crippen LogP contribution is 2.44. The van der Waals surface area contributed by atoms with Gasteiger partial charge in [0.05, 0.1) is 5.41 Å². The van der Waals surface area contributed by atoms with Crippen LogP contribution in [-0.2, 0) is 9.59 Å². The second kappa shape index (κ2) is 6.21. The lowest BCUT2D eigenvalue weighted by Gasteiger charge is -2.37. The van der Waals surface area contributed by atoms with E-state index in [2.05, 4.69) is 19.2 Å². The quantitative estimate of drug-likeness (QED) is 0.734. The van der Waals surface area contributed by atoms with Gasteiger partial charge in [-0.25, -0.2) is 0 Å². The Morgan fingerprint density at radius 1 is 1.22 bits per heavy atom. The number of carboxylic acids is 1. The van der Waals surface area contributed by atoms with Crippen molar-refractivity contribution in [2.24, 2.45) is 11.3 Å². The Hall–Kier alpha value is -1.06. The Bertz CT molecular complexity index is 308. The topological polar surface area (TPSA) is 66.4 Å². The highest BCUT2D eigenvalue weighted by molar-refractivity contribution is 5.85. The molecule has 2 N–H and O–H groups in total. The zero-order chi connectivity index (χ0) is 13.8. The SMILES string of the molecule is CC(C)CCC(C)NC(=O)CC1(C(=O)O)CCC1. The lowest BCUT2D eigenvalue weighted by Crippen LogP contribution is -2.44. The predicted molar refractivity (Wildman–Crippen MR) is 70.2 cm³/mol. The van der Waals surface area contributed by atoms with Crippen molar-refractivity contribution in [3.8, 4) is 0 Å². The monoisotopic (exact) mass is 255 g/mol. The van der Waals surface area contributed by atoms with Crippen molar-refractivity contribution in [2.45, 2.75) is 65.3 Å². The van der Waals surface area contributed by atoms with E-state index in [1.807, 2.05) is 6.92 Å². The molecule has 1 aliphatic carbocycles. The summed E-state index contributed by atoms with van der Waals surface area (Å²) in [6, 6.07) is 0.130. The van der Waals surface area contributed by atoms with Crippen LogP contribution in [0.1, 0.15) is 59.3 Å². The van der Waals surface area contributed by atoms with Gasteiger partial charge in [0.25, 0.3) is 0 Å². The van der Waals surface area contributed by atoms with E-state index in [1.54, 1.807) is 0 Å². The molecule has 0 aliphatic heterocycles. The molecule has 4 heteroatoms. The Kier molecular flexibility index (Phi) is 5.17. The minimum Gasteiger partial charge on any atom is -0.481 e. The summed E-state index contributed by atoms with van der Waals surface area (Å²) in [4.78, 5) is 23.0. The molecule has 0 heterocycles. The summed E-state index contributed by atoms with van der Waals surface area (Å²) in [5.41, 5.74) is -0.776. The zero-order valence-corrected chi connectivity index (χ0v) is 11.7. The Morgan fingerprint density at radius 3 is 2.22 bits per heavy atom. The third-order valence-corrected chi connectivity index (χ3v) is 3.85. The molecule has 0 aromatic carbocycles. The van der Waals surface area contributed by atoms with Crippen LogP contribution in [0.15, 0.2) is 0 Å². The van der Waals surface area contributed by atoms with Gasteiger partial charge >= 0.3 is 5.97 Å². The third-order valence-electron chi connectivity index (χ3n) is 3.85. The first-order chi connectivity index (χ1) is 8.35. The number of amides is 1. The molecular formula is C14H25NO3. The van der Waals surface area contributed by atoms with Crippen molar-refractivity contribution >= 4 is 11.9 Å². The first kappa shape index (κ1) is 15.0. The Balaban J connectivity index is 2.34. The van der Waals surface area contributed by atoms with Crippen LogP contribution in [0.3, 0.4) is 0 Å². The van der Waals surface area contributed by atoms with E-state index >= 15 is 0 Å². The number of aliphatic carboxylic acids is 1. The first-order valence-corrected chi connectivity index (χ1v) is 6.88. The van der Waals surface area contributed by atoms with Crippen molar-refractivity contribution in [1.82, 2.24) is 5.32 Å². The van der Waals surface area contributed by atoms with Gasteiger partial charge in [0.15, 0.2) is 0 Å². The minimum absolute atomic E-state index is 0.117. The number of carboxylic acid groups (broad SMARTS) is 1. The molecule has 1 fully saturated rings. The van der Waals surface area contributed by atoms with Crippen LogP contribution in [0.2, 0.25) is 0 Å². The van der Waals surface area contributed by atoms with Gasteiger partial charge in [-0.1, -0.05) is 20.3 Å². The normalized spacial score (nSPS) is 19.1. The molecule has 1 rings (SSSR count). The lowest BCUT2D eigenvalue weighted by molar-refractivity contribution is -0.157. The molecule has 0 radical (unpaired) electrons. The average Bonchev–Trinajstić information content (AvgIpc) is 2.20. The molecule has 1 unspecified atom stereocenters. The van der Waals surface area contributed by atoms with Crippen LogP contribution in [-0.4, -0.2) is 23.0 Å². The molecule has 0 spiro atoms. The molecular weight excluding hydrogens is 230 g/mol. The van der Waals surface area contributed by atoms with Crippen molar-refractivity contribution in [3.05, 3.63) is 0 Å². The summed E-state index contributed by atoms with van der Waals surface area (Å²) in [5.74, 6) is -0.312. The molecule has 4 nitrogen and oxygen atoms in total. The largest absolute Gasteiger partial charge is 0.481 e. The molecule has 1 atom stereocenters. The molecule has 1 aliphatic rings. The molecule has 18 heavy (non-hydrogen) atoms. The predicted octanol–water partition coefficient (Wildman–Crippen LogP) is 2.57. The number of rotatable bonds is 7. The number of carbonyl (C=O) groups excluding carboxylic acids is 1. The van der Waals surface area contributed by atoms with E-state index in [0.717, 1.165) is 19.3 Å². The summed E-state index contributed by atoms with van der Waals surface area (Å²) in [7, 11) is 0. The fraction of sp³-hybridized carbons (Fsp3) is 0.857.